The van der Waals surface area contributed by atoms with Gasteiger partial charge in [0.15, 0.2) is 0 Å². The number of nitrogens with two attached hydrogens (primary N) is 1. The fourth-order valence-corrected chi connectivity index (χ4v) is 4.73. The third-order valence-electron chi connectivity index (χ3n) is 7.20. The van der Waals surface area contributed by atoms with Crippen molar-refractivity contribution in [2.24, 2.45) is 5.73 Å². The third-order valence-corrected chi connectivity index (χ3v) is 7.20. The number of aromatic amines is 1. The highest BCUT2D eigenvalue weighted by Gasteiger charge is 2.13. The van der Waals surface area contributed by atoms with Gasteiger partial charge in [0.2, 0.25) is 5.95 Å². The summed E-state index contributed by atoms with van der Waals surface area (Å²) in [5, 5.41) is 11.5. The van der Waals surface area contributed by atoms with Gasteiger partial charge in [0.05, 0.1) is 104 Å². The van der Waals surface area contributed by atoms with E-state index in [4.69, 9.17) is 43.9 Å². The van der Waals surface area contributed by atoms with Gasteiger partial charge in [-0.3, -0.25) is 9.48 Å². The summed E-state index contributed by atoms with van der Waals surface area (Å²) in [5.74, 6) is 0.257. The molecular weight excluding hydrogens is 660 g/mol. The fraction of sp³-hybridized carbons (Fsp3) is 0.543. The maximum absolute atomic E-state index is 12.6. The summed E-state index contributed by atoms with van der Waals surface area (Å²) in [6.45, 7) is 10.7. The lowest BCUT2D eigenvalue weighted by atomic mass is 10.2. The van der Waals surface area contributed by atoms with E-state index in [0.717, 1.165) is 40.9 Å². The van der Waals surface area contributed by atoms with Crippen LogP contribution in [-0.2, 0) is 39.7 Å². The van der Waals surface area contributed by atoms with E-state index in [1.807, 2.05) is 41.5 Å². The van der Waals surface area contributed by atoms with Gasteiger partial charge in [-0.05, 0) is 36.8 Å². The summed E-state index contributed by atoms with van der Waals surface area (Å²) in [4.78, 5) is 25.2. The Labute approximate surface area is 298 Å². The second-order valence-corrected chi connectivity index (χ2v) is 11.2. The zero-order valence-corrected chi connectivity index (χ0v) is 29.5. The molecule has 0 spiro atoms. The van der Waals surface area contributed by atoms with E-state index in [9.17, 15) is 4.79 Å². The molecule has 5 N–H and O–H groups in total. The molecule has 0 radical (unpaired) electrons. The molecule has 280 valence electrons. The van der Waals surface area contributed by atoms with Gasteiger partial charge in [0, 0.05) is 54.2 Å². The summed E-state index contributed by atoms with van der Waals surface area (Å²) in [5.41, 5.74) is 9.07. The Bertz CT molecular complexity index is 1520. The van der Waals surface area contributed by atoms with Gasteiger partial charge < -0.3 is 54.5 Å². The van der Waals surface area contributed by atoms with Crippen LogP contribution in [0.4, 0.5) is 11.6 Å². The Balaban J connectivity index is 0.985. The first kappa shape index (κ1) is 39.8. The van der Waals surface area contributed by atoms with Gasteiger partial charge in [-0.25, -0.2) is 4.98 Å². The zero-order chi connectivity index (χ0) is 35.8. The highest BCUT2D eigenvalue weighted by Crippen LogP contribution is 2.27. The van der Waals surface area contributed by atoms with Crippen LogP contribution in [0.15, 0.2) is 48.9 Å². The summed E-state index contributed by atoms with van der Waals surface area (Å²) in [7, 11) is 0. The van der Waals surface area contributed by atoms with Crippen LogP contribution in [0, 0.1) is 0 Å². The Morgan fingerprint density at radius 2 is 1.33 bits per heavy atom. The number of carbonyl (C=O) groups excluding carboxylic acids is 1. The van der Waals surface area contributed by atoms with Crippen LogP contribution < -0.4 is 16.4 Å². The number of aryl methyl sites for hydroxylation is 1. The summed E-state index contributed by atoms with van der Waals surface area (Å²) in [6, 6.07) is 9.10. The lowest BCUT2D eigenvalue weighted by Gasteiger charge is -2.10. The predicted octanol–water partition coefficient (Wildman–Crippen LogP) is 2.78. The molecule has 16 heteroatoms. The monoisotopic (exact) mass is 712 g/mol. The Morgan fingerprint density at radius 1 is 0.765 bits per heavy atom. The van der Waals surface area contributed by atoms with Crippen LogP contribution in [0.3, 0.4) is 0 Å². The van der Waals surface area contributed by atoms with Crippen molar-refractivity contribution in [3.05, 3.63) is 54.5 Å². The minimum absolute atomic E-state index is 0.184. The lowest BCUT2D eigenvalue weighted by Crippen LogP contribution is -2.27. The normalized spacial score (nSPS) is 11.4. The molecule has 0 aliphatic heterocycles. The Hall–Kier alpha value is -4.00. The van der Waals surface area contributed by atoms with Gasteiger partial charge >= 0.3 is 0 Å². The molecule has 0 aliphatic carbocycles. The largest absolute Gasteiger partial charge is 0.378 e. The average Bonchev–Trinajstić information content (AvgIpc) is 3.82. The molecule has 0 atom stereocenters. The molecule has 4 aromatic rings. The second-order valence-electron chi connectivity index (χ2n) is 11.2. The van der Waals surface area contributed by atoms with Crippen molar-refractivity contribution in [3.8, 4) is 11.3 Å². The molecule has 1 amide bonds. The Morgan fingerprint density at radius 3 is 1.90 bits per heavy atom. The molecule has 4 rings (SSSR count). The number of rotatable bonds is 29. The molecule has 0 saturated carbocycles. The van der Waals surface area contributed by atoms with Gasteiger partial charge in [0.1, 0.15) is 5.65 Å². The SMILES string of the molecule is CCCn1cc(-c2nc(Nc3ccc(C(=O)NCCOCCOCCOCCOCCOCCOCCOCCN)cc3)nc3[nH]ccc23)cn1. The molecule has 1 aromatic carbocycles. The van der Waals surface area contributed by atoms with E-state index in [1.54, 1.807) is 12.1 Å². The fourth-order valence-electron chi connectivity index (χ4n) is 4.73. The van der Waals surface area contributed by atoms with Crippen LogP contribution in [0.5, 0.6) is 0 Å². The van der Waals surface area contributed by atoms with Crippen LogP contribution in [0.25, 0.3) is 22.3 Å². The number of aromatic nitrogens is 5. The zero-order valence-electron chi connectivity index (χ0n) is 29.5. The number of H-pyrrole nitrogens is 1. The van der Waals surface area contributed by atoms with Crippen molar-refractivity contribution < 1.29 is 38.0 Å². The quantitative estimate of drug-likeness (QED) is 0.0602. The number of carbonyl (C=O) groups is 1. The van der Waals surface area contributed by atoms with E-state index in [1.165, 1.54) is 0 Å². The maximum Gasteiger partial charge on any atom is 0.251 e. The molecule has 0 aliphatic rings. The topological polar surface area (TPSA) is 191 Å². The number of hydrogen-bond acceptors (Lipinski definition) is 13. The van der Waals surface area contributed by atoms with Crippen LogP contribution in [0.1, 0.15) is 23.7 Å². The number of amides is 1. The molecule has 3 heterocycles. The lowest BCUT2D eigenvalue weighted by molar-refractivity contribution is -0.0201. The molecule has 0 bridgehead atoms. The number of anilines is 2. The van der Waals surface area contributed by atoms with Gasteiger partial charge in [-0.2, -0.15) is 10.1 Å². The van der Waals surface area contributed by atoms with E-state index < -0.39 is 0 Å². The second kappa shape index (κ2) is 24.2. The minimum Gasteiger partial charge on any atom is -0.378 e. The minimum atomic E-state index is -0.184. The third kappa shape index (κ3) is 15.0. The number of nitrogens with zero attached hydrogens (tertiary/aromatic N) is 4. The van der Waals surface area contributed by atoms with Gasteiger partial charge in [-0.1, -0.05) is 6.92 Å². The number of benzene rings is 1. The van der Waals surface area contributed by atoms with Gasteiger partial charge in [-0.15, -0.1) is 0 Å². The molecule has 16 nitrogen and oxygen atoms in total. The van der Waals surface area contributed by atoms with Gasteiger partial charge in [0.25, 0.3) is 5.91 Å². The predicted molar refractivity (Wildman–Crippen MR) is 192 cm³/mol. The molecule has 3 aromatic heterocycles. The first-order chi connectivity index (χ1) is 25.2. The van der Waals surface area contributed by atoms with Crippen molar-refractivity contribution in [2.75, 3.05) is 111 Å². The molecule has 51 heavy (non-hydrogen) atoms. The standard InChI is InChI=1S/C35H52N8O8/c1-2-11-43-27-29(26-39-43)32-31-7-9-37-33(31)42-35(41-32)40-30-5-3-28(4-6-30)34(44)38-10-13-46-15-17-48-19-21-50-23-25-51-24-22-49-20-18-47-16-14-45-12-8-36/h3-7,9,26-27H,2,8,10-25,36H2,1H3,(H,38,44)(H2,37,40,41,42). The van der Waals surface area contributed by atoms with Crippen LogP contribution in [0.2, 0.25) is 0 Å². The molecular formula is C35H52N8O8. The Kier molecular flexibility index (Phi) is 18.9. The van der Waals surface area contributed by atoms with E-state index >= 15 is 0 Å². The number of fused-ring (bicyclic) bond motifs is 1. The number of nitrogens with one attached hydrogen (secondary N) is 3. The van der Waals surface area contributed by atoms with Crippen LogP contribution in [-0.4, -0.2) is 136 Å². The molecule has 0 saturated heterocycles. The van der Waals surface area contributed by atoms with E-state index in [2.05, 4.69) is 32.6 Å². The molecule has 0 fully saturated rings. The highest BCUT2D eigenvalue weighted by molar-refractivity contribution is 5.94. The first-order valence-electron chi connectivity index (χ1n) is 17.5. The van der Waals surface area contributed by atoms with Crippen molar-refractivity contribution in [1.29, 1.82) is 0 Å². The summed E-state index contributed by atoms with van der Waals surface area (Å²) < 4.78 is 40.0. The first-order valence-corrected chi connectivity index (χ1v) is 17.5. The average molecular weight is 713 g/mol. The summed E-state index contributed by atoms with van der Waals surface area (Å²) >= 11 is 0. The highest BCUT2D eigenvalue weighted by atomic mass is 16.6. The van der Waals surface area contributed by atoms with E-state index in [-0.39, 0.29) is 5.91 Å². The maximum atomic E-state index is 12.6. The van der Waals surface area contributed by atoms with Crippen LogP contribution >= 0.6 is 0 Å². The molecule has 0 unspecified atom stereocenters. The smallest absolute Gasteiger partial charge is 0.251 e. The number of hydrogen-bond donors (Lipinski definition) is 4. The van der Waals surface area contributed by atoms with Crippen molar-refractivity contribution in [3.63, 3.8) is 0 Å². The van der Waals surface area contributed by atoms with Crippen molar-refractivity contribution in [2.45, 2.75) is 19.9 Å². The summed E-state index contributed by atoms with van der Waals surface area (Å²) in [6.07, 6.45) is 6.65. The van der Waals surface area contributed by atoms with E-state index in [0.29, 0.717) is 117 Å². The number of ether oxygens (including phenoxy) is 7. The van der Waals surface area contributed by atoms with Crippen molar-refractivity contribution in [1.82, 2.24) is 30.0 Å². The van der Waals surface area contributed by atoms with Crippen molar-refractivity contribution >= 4 is 28.6 Å².